The molecule has 2 nitrogen and oxygen atoms in total. The Bertz CT molecular complexity index is 401. The van der Waals surface area contributed by atoms with E-state index in [-0.39, 0.29) is 0 Å². The van der Waals surface area contributed by atoms with E-state index in [1.54, 1.807) is 0 Å². The second-order valence-corrected chi connectivity index (χ2v) is 6.63. The highest BCUT2D eigenvalue weighted by Crippen LogP contribution is 2.35. The highest BCUT2D eigenvalue weighted by Gasteiger charge is 2.31. The van der Waals surface area contributed by atoms with Gasteiger partial charge in [0.1, 0.15) is 0 Å². The van der Waals surface area contributed by atoms with Crippen molar-refractivity contribution in [1.82, 2.24) is 4.90 Å². The molecule has 1 aliphatic carbocycles. The van der Waals surface area contributed by atoms with Crippen LogP contribution in [0.3, 0.4) is 0 Å². The Labute approximate surface area is 123 Å². The van der Waals surface area contributed by atoms with Crippen molar-refractivity contribution in [3.05, 3.63) is 35.9 Å². The smallest absolute Gasteiger partial charge is 0.0678 e. The molecule has 1 aromatic carbocycles. The number of hydrogen-bond donors (Lipinski definition) is 0. The molecular formula is C18H27NO. The molecule has 2 aliphatic rings. The third kappa shape index (κ3) is 3.24. The van der Waals surface area contributed by atoms with Crippen molar-refractivity contribution in [2.45, 2.75) is 63.7 Å². The van der Waals surface area contributed by atoms with Crippen LogP contribution in [0, 0.1) is 0 Å². The van der Waals surface area contributed by atoms with E-state index >= 15 is 0 Å². The summed E-state index contributed by atoms with van der Waals surface area (Å²) in [4.78, 5) is 2.68. The van der Waals surface area contributed by atoms with Gasteiger partial charge in [0.15, 0.2) is 0 Å². The zero-order valence-corrected chi connectivity index (χ0v) is 12.8. The minimum absolute atomic E-state index is 0.394. The van der Waals surface area contributed by atoms with Gasteiger partial charge in [-0.05, 0) is 51.0 Å². The lowest BCUT2D eigenvalue weighted by molar-refractivity contribution is -0.0844. The lowest BCUT2D eigenvalue weighted by Gasteiger charge is -2.43. The van der Waals surface area contributed by atoms with Crippen LogP contribution in [0.1, 0.15) is 51.0 Å². The molecule has 1 saturated carbocycles. The fraction of sp³-hybridized carbons (Fsp3) is 0.667. The number of hydrogen-bond acceptors (Lipinski definition) is 2. The van der Waals surface area contributed by atoms with Crippen molar-refractivity contribution in [1.29, 1.82) is 0 Å². The lowest BCUT2D eigenvalue weighted by Crippen LogP contribution is -2.50. The average molecular weight is 273 g/mol. The van der Waals surface area contributed by atoms with E-state index in [9.17, 15) is 0 Å². The quantitative estimate of drug-likeness (QED) is 0.812. The summed E-state index contributed by atoms with van der Waals surface area (Å²) in [5, 5.41) is 0. The second kappa shape index (κ2) is 6.28. The van der Waals surface area contributed by atoms with E-state index in [0.717, 1.165) is 25.0 Å². The van der Waals surface area contributed by atoms with Crippen LogP contribution in [0.2, 0.25) is 0 Å². The number of benzene rings is 1. The molecule has 0 amide bonds. The van der Waals surface area contributed by atoms with Gasteiger partial charge in [-0.15, -0.1) is 0 Å². The molecule has 1 saturated heterocycles. The molecule has 1 aromatic rings. The highest BCUT2D eigenvalue weighted by molar-refractivity contribution is 5.20. The minimum Gasteiger partial charge on any atom is -0.373 e. The van der Waals surface area contributed by atoms with Crippen molar-refractivity contribution >= 4 is 0 Å². The largest absolute Gasteiger partial charge is 0.373 e. The molecular weight excluding hydrogens is 246 g/mol. The van der Waals surface area contributed by atoms with Crippen molar-refractivity contribution in [3.8, 4) is 0 Å². The van der Waals surface area contributed by atoms with Gasteiger partial charge in [-0.2, -0.15) is 0 Å². The lowest BCUT2D eigenvalue weighted by atomic mass is 9.81. The summed E-state index contributed by atoms with van der Waals surface area (Å²) in [5.41, 5.74) is 1.54. The summed E-state index contributed by atoms with van der Waals surface area (Å²) in [6.07, 6.45) is 6.16. The predicted octanol–water partition coefficient (Wildman–Crippen LogP) is 3.82. The number of nitrogens with zero attached hydrogens (tertiary/aromatic N) is 1. The first-order valence-corrected chi connectivity index (χ1v) is 8.17. The van der Waals surface area contributed by atoms with E-state index in [1.807, 2.05) is 0 Å². The Balaban J connectivity index is 1.56. The molecule has 0 spiro atoms. The van der Waals surface area contributed by atoms with Gasteiger partial charge in [-0.1, -0.05) is 30.3 Å². The van der Waals surface area contributed by atoms with Gasteiger partial charge >= 0.3 is 0 Å². The Morgan fingerprint density at radius 2 is 1.50 bits per heavy atom. The van der Waals surface area contributed by atoms with Gasteiger partial charge < -0.3 is 4.74 Å². The molecule has 1 aliphatic heterocycles. The van der Waals surface area contributed by atoms with E-state index in [2.05, 4.69) is 49.1 Å². The van der Waals surface area contributed by atoms with E-state index < -0.39 is 0 Å². The van der Waals surface area contributed by atoms with E-state index in [1.165, 1.54) is 31.2 Å². The van der Waals surface area contributed by atoms with Crippen LogP contribution in [0.25, 0.3) is 0 Å². The summed E-state index contributed by atoms with van der Waals surface area (Å²) in [6.45, 7) is 6.65. The Hall–Kier alpha value is -0.860. The zero-order chi connectivity index (χ0) is 13.9. The summed E-state index contributed by atoms with van der Waals surface area (Å²) < 4.78 is 5.86. The maximum Gasteiger partial charge on any atom is 0.0678 e. The second-order valence-electron chi connectivity index (χ2n) is 6.63. The monoisotopic (exact) mass is 273 g/mol. The van der Waals surface area contributed by atoms with Gasteiger partial charge in [0.25, 0.3) is 0 Å². The molecule has 20 heavy (non-hydrogen) atoms. The molecule has 0 aromatic heterocycles. The molecule has 2 fully saturated rings. The normalized spacial score (nSPS) is 35.9. The first-order chi connectivity index (χ1) is 9.72. The third-order valence-corrected chi connectivity index (χ3v) is 4.93. The van der Waals surface area contributed by atoms with Crippen LogP contribution in [0.4, 0.5) is 0 Å². The summed E-state index contributed by atoms with van der Waals surface area (Å²) in [7, 11) is 0. The Morgan fingerprint density at radius 1 is 0.900 bits per heavy atom. The molecule has 0 radical (unpaired) electrons. The van der Waals surface area contributed by atoms with Gasteiger partial charge in [0.05, 0.1) is 12.2 Å². The van der Waals surface area contributed by atoms with Crippen molar-refractivity contribution < 1.29 is 4.74 Å². The zero-order valence-electron chi connectivity index (χ0n) is 12.8. The maximum atomic E-state index is 5.86. The van der Waals surface area contributed by atoms with Gasteiger partial charge in [-0.3, -0.25) is 4.90 Å². The van der Waals surface area contributed by atoms with Crippen LogP contribution in [-0.2, 0) is 4.74 Å². The molecule has 2 atom stereocenters. The van der Waals surface area contributed by atoms with Gasteiger partial charge in [0, 0.05) is 19.1 Å². The molecule has 110 valence electrons. The average Bonchev–Trinajstić information content (AvgIpc) is 2.47. The molecule has 0 N–H and O–H groups in total. The van der Waals surface area contributed by atoms with E-state index in [4.69, 9.17) is 4.74 Å². The maximum absolute atomic E-state index is 5.86. The first-order valence-electron chi connectivity index (χ1n) is 8.17. The van der Waals surface area contributed by atoms with Crippen LogP contribution in [0.5, 0.6) is 0 Å². The van der Waals surface area contributed by atoms with Crippen molar-refractivity contribution in [2.24, 2.45) is 0 Å². The summed E-state index contributed by atoms with van der Waals surface area (Å²) >= 11 is 0. The topological polar surface area (TPSA) is 12.5 Å². The van der Waals surface area contributed by atoms with E-state index in [0.29, 0.717) is 12.2 Å². The number of morpholine rings is 1. The Morgan fingerprint density at radius 3 is 2.10 bits per heavy atom. The number of ether oxygens (including phenoxy) is 1. The van der Waals surface area contributed by atoms with Gasteiger partial charge in [0.2, 0.25) is 0 Å². The predicted molar refractivity (Wildman–Crippen MR) is 83.0 cm³/mol. The van der Waals surface area contributed by atoms with Crippen LogP contribution < -0.4 is 0 Å². The fourth-order valence-corrected chi connectivity index (χ4v) is 4.02. The Kier molecular flexibility index (Phi) is 4.42. The van der Waals surface area contributed by atoms with Crippen molar-refractivity contribution in [2.75, 3.05) is 13.1 Å². The fourth-order valence-electron chi connectivity index (χ4n) is 4.02. The summed E-state index contributed by atoms with van der Waals surface area (Å²) in [5.74, 6) is 0.781. The highest BCUT2D eigenvalue weighted by atomic mass is 16.5. The van der Waals surface area contributed by atoms with Crippen LogP contribution in [-0.4, -0.2) is 36.2 Å². The standard InChI is InChI=1S/C18H27NO/c1-14-12-19(13-15(2)20-14)18-10-8-17(9-11-18)16-6-4-3-5-7-16/h3-7,14-15,17-18H,8-13H2,1-2H3/t14-,15-,17?,18?/m1/s1. The molecule has 0 unspecified atom stereocenters. The number of rotatable bonds is 2. The van der Waals surface area contributed by atoms with Crippen molar-refractivity contribution in [3.63, 3.8) is 0 Å². The minimum atomic E-state index is 0.394. The third-order valence-electron chi connectivity index (χ3n) is 4.93. The van der Waals surface area contributed by atoms with Crippen LogP contribution in [0.15, 0.2) is 30.3 Å². The summed E-state index contributed by atoms with van der Waals surface area (Å²) in [6, 6.07) is 11.8. The van der Waals surface area contributed by atoms with Gasteiger partial charge in [-0.25, -0.2) is 0 Å². The SMILES string of the molecule is C[C@@H]1CN(C2CCC(c3ccccc3)CC2)C[C@@H](C)O1. The molecule has 3 rings (SSSR count). The first kappa shape index (κ1) is 14.1. The molecule has 1 heterocycles. The van der Waals surface area contributed by atoms with Crippen LogP contribution >= 0.6 is 0 Å². The molecule has 2 heteroatoms. The molecule has 0 bridgehead atoms.